The number of hydrogen-bond donors (Lipinski definition) is 2. The van der Waals surface area contributed by atoms with Crippen molar-refractivity contribution in [1.82, 2.24) is 9.88 Å². The number of aromatic nitrogens is 1. The van der Waals surface area contributed by atoms with Gasteiger partial charge in [0.15, 0.2) is 0 Å². The summed E-state index contributed by atoms with van der Waals surface area (Å²) in [6.07, 6.45) is 5.96. The van der Waals surface area contributed by atoms with Gasteiger partial charge in [0.05, 0.1) is 0 Å². The SMILES string of the molecule is CN1CCC[C@@H]1Cc1c[nH]c2ccc(CN)cc12. The van der Waals surface area contributed by atoms with Crippen LogP contribution >= 0.6 is 0 Å². The van der Waals surface area contributed by atoms with Crippen molar-refractivity contribution in [2.24, 2.45) is 5.73 Å². The predicted octanol–water partition coefficient (Wildman–Crippen LogP) is 2.26. The largest absolute Gasteiger partial charge is 0.361 e. The number of hydrogen-bond acceptors (Lipinski definition) is 2. The standard InChI is InChI=1S/C15H21N3/c1-18-6-2-3-13(18)8-12-10-17-15-5-4-11(9-16)7-14(12)15/h4-5,7,10,13,17H,2-3,6,8-9,16H2,1H3/t13-/m1/s1. The number of H-pyrrole nitrogens is 1. The molecule has 0 spiro atoms. The molecule has 3 N–H and O–H groups in total. The van der Waals surface area contributed by atoms with Crippen molar-refractivity contribution < 1.29 is 0 Å². The van der Waals surface area contributed by atoms with Crippen LogP contribution in [0.25, 0.3) is 10.9 Å². The molecule has 0 radical (unpaired) electrons. The fraction of sp³-hybridized carbons (Fsp3) is 0.467. The Hall–Kier alpha value is -1.32. The summed E-state index contributed by atoms with van der Waals surface area (Å²) in [5.41, 5.74) is 9.59. The van der Waals surface area contributed by atoms with Crippen molar-refractivity contribution in [2.75, 3.05) is 13.6 Å². The van der Waals surface area contributed by atoms with Crippen LogP contribution in [0.15, 0.2) is 24.4 Å². The predicted molar refractivity (Wildman–Crippen MR) is 75.5 cm³/mol. The van der Waals surface area contributed by atoms with E-state index in [1.54, 1.807) is 0 Å². The normalized spacial score (nSPS) is 20.9. The summed E-state index contributed by atoms with van der Waals surface area (Å²) >= 11 is 0. The first-order valence-electron chi connectivity index (χ1n) is 6.77. The molecular formula is C15H21N3. The quantitative estimate of drug-likeness (QED) is 0.868. The lowest BCUT2D eigenvalue weighted by molar-refractivity contribution is 0.310. The Kier molecular flexibility index (Phi) is 3.10. The van der Waals surface area contributed by atoms with E-state index in [1.165, 1.54) is 41.4 Å². The van der Waals surface area contributed by atoms with E-state index in [2.05, 4.69) is 41.3 Å². The maximum atomic E-state index is 5.73. The Bertz CT molecular complexity index is 544. The first-order chi connectivity index (χ1) is 8.78. The number of nitrogens with one attached hydrogen (secondary N) is 1. The molecule has 0 amide bonds. The van der Waals surface area contributed by atoms with Gasteiger partial charge in [0, 0.05) is 29.7 Å². The van der Waals surface area contributed by atoms with Crippen LogP contribution in [0.4, 0.5) is 0 Å². The smallest absolute Gasteiger partial charge is 0.0457 e. The molecule has 1 fully saturated rings. The van der Waals surface area contributed by atoms with Gasteiger partial charge < -0.3 is 15.6 Å². The zero-order chi connectivity index (χ0) is 12.5. The van der Waals surface area contributed by atoms with Gasteiger partial charge >= 0.3 is 0 Å². The molecule has 1 aliphatic rings. The molecule has 0 aliphatic carbocycles. The number of fused-ring (bicyclic) bond motifs is 1. The second-order valence-corrected chi connectivity index (χ2v) is 5.38. The molecule has 2 heterocycles. The number of likely N-dealkylation sites (tertiary alicyclic amines) is 1. The molecule has 1 aromatic carbocycles. The van der Waals surface area contributed by atoms with Crippen LogP contribution < -0.4 is 5.73 Å². The molecule has 1 saturated heterocycles. The van der Waals surface area contributed by atoms with Gasteiger partial charge in [-0.15, -0.1) is 0 Å². The van der Waals surface area contributed by atoms with Gasteiger partial charge in [0.2, 0.25) is 0 Å². The first-order valence-corrected chi connectivity index (χ1v) is 6.77. The van der Waals surface area contributed by atoms with Gasteiger partial charge in [-0.3, -0.25) is 0 Å². The summed E-state index contributed by atoms with van der Waals surface area (Å²) < 4.78 is 0. The Morgan fingerprint density at radius 2 is 2.33 bits per heavy atom. The van der Waals surface area contributed by atoms with Crippen molar-refractivity contribution in [3.05, 3.63) is 35.5 Å². The van der Waals surface area contributed by atoms with Crippen molar-refractivity contribution in [3.8, 4) is 0 Å². The summed E-state index contributed by atoms with van der Waals surface area (Å²) in [6, 6.07) is 7.17. The zero-order valence-electron chi connectivity index (χ0n) is 10.9. The minimum Gasteiger partial charge on any atom is -0.361 e. The van der Waals surface area contributed by atoms with Crippen LogP contribution in [0.3, 0.4) is 0 Å². The molecule has 1 aliphatic heterocycles. The highest BCUT2D eigenvalue weighted by Gasteiger charge is 2.21. The minimum absolute atomic E-state index is 0.615. The lowest BCUT2D eigenvalue weighted by Crippen LogP contribution is -2.26. The van der Waals surface area contributed by atoms with E-state index in [0.29, 0.717) is 12.6 Å². The van der Waals surface area contributed by atoms with E-state index in [0.717, 1.165) is 6.42 Å². The van der Waals surface area contributed by atoms with Crippen molar-refractivity contribution in [3.63, 3.8) is 0 Å². The van der Waals surface area contributed by atoms with Crippen molar-refractivity contribution in [1.29, 1.82) is 0 Å². The maximum absolute atomic E-state index is 5.73. The molecule has 0 bridgehead atoms. The van der Waals surface area contributed by atoms with E-state index in [1.807, 2.05) is 0 Å². The average molecular weight is 243 g/mol. The molecule has 96 valence electrons. The Labute approximate surface area is 108 Å². The number of benzene rings is 1. The van der Waals surface area contributed by atoms with E-state index < -0.39 is 0 Å². The molecule has 3 nitrogen and oxygen atoms in total. The second-order valence-electron chi connectivity index (χ2n) is 5.38. The van der Waals surface area contributed by atoms with Gasteiger partial charge in [-0.1, -0.05) is 6.07 Å². The molecule has 1 atom stereocenters. The van der Waals surface area contributed by atoms with Gasteiger partial charge in [0.1, 0.15) is 0 Å². The average Bonchev–Trinajstić information content (AvgIpc) is 2.97. The summed E-state index contributed by atoms with van der Waals surface area (Å²) in [5.74, 6) is 0. The van der Waals surface area contributed by atoms with Crippen LogP contribution in [-0.2, 0) is 13.0 Å². The molecule has 3 rings (SSSR count). The molecule has 1 aromatic heterocycles. The van der Waals surface area contributed by atoms with Crippen LogP contribution in [0.2, 0.25) is 0 Å². The van der Waals surface area contributed by atoms with Crippen LogP contribution in [0.5, 0.6) is 0 Å². The Balaban J connectivity index is 1.91. The highest BCUT2D eigenvalue weighted by atomic mass is 15.1. The molecule has 3 heteroatoms. The van der Waals surface area contributed by atoms with Gasteiger partial charge in [-0.25, -0.2) is 0 Å². The van der Waals surface area contributed by atoms with Gasteiger partial charge in [0.25, 0.3) is 0 Å². The fourth-order valence-electron chi connectivity index (χ4n) is 3.01. The fourth-order valence-corrected chi connectivity index (χ4v) is 3.01. The van der Waals surface area contributed by atoms with E-state index in [9.17, 15) is 0 Å². The van der Waals surface area contributed by atoms with E-state index in [-0.39, 0.29) is 0 Å². The number of nitrogens with two attached hydrogens (primary N) is 1. The lowest BCUT2D eigenvalue weighted by atomic mass is 10.0. The zero-order valence-corrected chi connectivity index (χ0v) is 10.9. The molecular weight excluding hydrogens is 222 g/mol. The Morgan fingerprint density at radius 1 is 1.44 bits per heavy atom. The number of nitrogens with zero attached hydrogens (tertiary/aromatic N) is 1. The molecule has 0 saturated carbocycles. The number of likely N-dealkylation sites (N-methyl/N-ethyl adjacent to an activating group) is 1. The molecule has 18 heavy (non-hydrogen) atoms. The molecule has 2 aromatic rings. The van der Waals surface area contributed by atoms with Crippen molar-refractivity contribution in [2.45, 2.75) is 31.8 Å². The van der Waals surface area contributed by atoms with Crippen molar-refractivity contribution >= 4 is 10.9 Å². The van der Waals surface area contributed by atoms with Gasteiger partial charge in [-0.2, -0.15) is 0 Å². The van der Waals surface area contributed by atoms with Crippen LogP contribution in [0.1, 0.15) is 24.0 Å². The van der Waals surface area contributed by atoms with Crippen LogP contribution in [0, 0.1) is 0 Å². The highest BCUT2D eigenvalue weighted by Crippen LogP contribution is 2.25. The number of aromatic amines is 1. The monoisotopic (exact) mass is 243 g/mol. The number of rotatable bonds is 3. The van der Waals surface area contributed by atoms with Gasteiger partial charge in [-0.05, 0) is 56.1 Å². The maximum Gasteiger partial charge on any atom is 0.0457 e. The molecule has 0 unspecified atom stereocenters. The Morgan fingerprint density at radius 3 is 3.06 bits per heavy atom. The first kappa shape index (κ1) is 11.8. The van der Waals surface area contributed by atoms with Crippen LogP contribution in [-0.4, -0.2) is 29.5 Å². The van der Waals surface area contributed by atoms with E-state index in [4.69, 9.17) is 5.73 Å². The highest BCUT2D eigenvalue weighted by molar-refractivity contribution is 5.84. The third-order valence-electron chi connectivity index (χ3n) is 4.19. The summed E-state index contributed by atoms with van der Waals surface area (Å²) in [7, 11) is 2.23. The topological polar surface area (TPSA) is 45.0 Å². The third-order valence-corrected chi connectivity index (χ3v) is 4.19. The summed E-state index contributed by atoms with van der Waals surface area (Å²) in [6.45, 7) is 1.85. The second kappa shape index (κ2) is 4.75. The third kappa shape index (κ3) is 2.04. The summed E-state index contributed by atoms with van der Waals surface area (Å²) in [4.78, 5) is 5.85. The van der Waals surface area contributed by atoms with E-state index >= 15 is 0 Å². The lowest BCUT2D eigenvalue weighted by Gasteiger charge is -2.18. The summed E-state index contributed by atoms with van der Waals surface area (Å²) in [5, 5.41) is 1.35. The minimum atomic E-state index is 0.615.